The van der Waals surface area contributed by atoms with Crippen LogP contribution in [-0.4, -0.2) is 27.6 Å². The maximum Gasteiger partial charge on any atom is 0.303 e. The number of aryl methyl sites for hydroxylation is 2. The highest BCUT2D eigenvalue weighted by molar-refractivity contribution is 5.66. The lowest BCUT2D eigenvalue weighted by Gasteiger charge is -2.14. The van der Waals surface area contributed by atoms with Crippen molar-refractivity contribution in [3.05, 3.63) is 64.7 Å². The van der Waals surface area contributed by atoms with Crippen LogP contribution in [0.2, 0.25) is 0 Å². The lowest BCUT2D eigenvalue weighted by molar-refractivity contribution is -0.137. The van der Waals surface area contributed by atoms with Crippen molar-refractivity contribution in [2.45, 2.75) is 33.1 Å². The first-order valence-electron chi connectivity index (χ1n) is 10.7. The van der Waals surface area contributed by atoms with Gasteiger partial charge in [0.2, 0.25) is 11.8 Å². The predicted octanol–water partition coefficient (Wildman–Crippen LogP) is 5.04. The standard InChI is InChI=1S/C25H24N6O3/c1-16-11-19(15-27)12-17(2)24(16)34-22-13-21(28-10-4-3-5-23(32)33)30-25(31-22)29-20-8-6-18(14-26)7-9-20/h6-9,11-13H,3-5,10H2,1-2H3,(H,32,33)(H2,28,29,30,31). The van der Waals surface area contributed by atoms with E-state index in [9.17, 15) is 10.1 Å². The molecule has 0 atom stereocenters. The number of rotatable bonds is 10. The van der Waals surface area contributed by atoms with E-state index in [0.29, 0.717) is 59.6 Å². The van der Waals surface area contributed by atoms with Crippen LogP contribution in [0.5, 0.6) is 11.6 Å². The lowest BCUT2D eigenvalue weighted by atomic mass is 10.1. The number of carboxylic acids is 1. The zero-order chi connectivity index (χ0) is 24.5. The van der Waals surface area contributed by atoms with Crippen molar-refractivity contribution in [1.29, 1.82) is 10.5 Å². The number of hydrogen-bond acceptors (Lipinski definition) is 8. The summed E-state index contributed by atoms with van der Waals surface area (Å²) in [6.07, 6.45) is 1.33. The van der Waals surface area contributed by atoms with Crippen LogP contribution in [0.4, 0.5) is 17.5 Å². The number of nitrogens with zero attached hydrogens (tertiary/aromatic N) is 4. The van der Waals surface area contributed by atoms with E-state index >= 15 is 0 Å². The maximum absolute atomic E-state index is 10.7. The maximum atomic E-state index is 10.7. The number of ether oxygens (including phenoxy) is 1. The van der Waals surface area contributed by atoms with Crippen molar-refractivity contribution in [2.24, 2.45) is 0 Å². The molecule has 172 valence electrons. The Morgan fingerprint density at radius 1 is 1.00 bits per heavy atom. The zero-order valence-corrected chi connectivity index (χ0v) is 18.9. The SMILES string of the molecule is Cc1cc(C#N)cc(C)c1Oc1cc(NCCCCC(=O)O)nc(Nc2ccc(C#N)cc2)n1. The number of nitriles is 2. The van der Waals surface area contributed by atoms with Crippen LogP contribution < -0.4 is 15.4 Å². The van der Waals surface area contributed by atoms with Crippen molar-refractivity contribution in [2.75, 3.05) is 17.2 Å². The number of nitrogens with one attached hydrogen (secondary N) is 2. The number of aromatic nitrogens is 2. The highest BCUT2D eigenvalue weighted by Crippen LogP contribution is 2.30. The van der Waals surface area contributed by atoms with Gasteiger partial charge in [-0.25, -0.2) is 0 Å². The molecule has 1 aromatic heterocycles. The van der Waals surface area contributed by atoms with E-state index < -0.39 is 5.97 Å². The van der Waals surface area contributed by atoms with Gasteiger partial charge in [-0.15, -0.1) is 0 Å². The summed E-state index contributed by atoms with van der Waals surface area (Å²) in [6, 6.07) is 16.3. The highest BCUT2D eigenvalue weighted by atomic mass is 16.5. The Kier molecular flexibility index (Phi) is 7.98. The van der Waals surface area contributed by atoms with Gasteiger partial charge in [0.25, 0.3) is 0 Å². The summed E-state index contributed by atoms with van der Waals surface area (Å²) >= 11 is 0. The minimum Gasteiger partial charge on any atom is -0.481 e. The molecule has 1 heterocycles. The van der Waals surface area contributed by atoms with Gasteiger partial charge in [-0.05, 0) is 74.2 Å². The largest absolute Gasteiger partial charge is 0.481 e. The van der Waals surface area contributed by atoms with Crippen LogP contribution in [0.1, 0.15) is 41.5 Å². The molecule has 0 saturated carbocycles. The minimum atomic E-state index is -0.820. The molecular weight excluding hydrogens is 432 g/mol. The fraction of sp³-hybridized carbons (Fsp3) is 0.240. The monoisotopic (exact) mass is 456 g/mol. The molecule has 0 fully saturated rings. The Bertz CT molecular complexity index is 1240. The average Bonchev–Trinajstić information content (AvgIpc) is 2.81. The van der Waals surface area contributed by atoms with Crippen molar-refractivity contribution in [1.82, 2.24) is 9.97 Å². The molecule has 3 N–H and O–H groups in total. The van der Waals surface area contributed by atoms with Crippen molar-refractivity contribution < 1.29 is 14.6 Å². The van der Waals surface area contributed by atoms with Crippen LogP contribution in [0.3, 0.4) is 0 Å². The molecule has 0 aliphatic heterocycles. The molecule has 0 bridgehead atoms. The molecule has 9 heteroatoms. The third-order valence-electron chi connectivity index (χ3n) is 4.89. The summed E-state index contributed by atoms with van der Waals surface area (Å²) in [5.41, 5.74) is 3.41. The smallest absolute Gasteiger partial charge is 0.303 e. The van der Waals surface area contributed by atoms with Gasteiger partial charge in [0.05, 0.1) is 23.3 Å². The van der Waals surface area contributed by atoms with Gasteiger partial charge < -0.3 is 20.5 Å². The van der Waals surface area contributed by atoms with E-state index in [1.807, 2.05) is 13.8 Å². The third kappa shape index (κ3) is 6.68. The summed E-state index contributed by atoms with van der Waals surface area (Å²) in [4.78, 5) is 19.7. The van der Waals surface area contributed by atoms with E-state index in [2.05, 4.69) is 32.7 Å². The Morgan fingerprint density at radius 2 is 1.68 bits per heavy atom. The Hall–Kier alpha value is -4.63. The zero-order valence-electron chi connectivity index (χ0n) is 18.9. The van der Waals surface area contributed by atoms with Crippen molar-refractivity contribution in [3.63, 3.8) is 0 Å². The summed E-state index contributed by atoms with van der Waals surface area (Å²) in [5, 5.41) is 33.3. The number of carbonyl (C=O) groups is 1. The van der Waals surface area contributed by atoms with Gasteiger partial charge in [0.15, 0.2) is 0 Å². The van der Waals surface area contributed by atoms with Gasteiger partial charge in [-0.3, -0.25) is 4.79 Å². The van der Waals surface area contributed by atoms with Gasteiger partial charge in [-0.1, -0.05) is 0 Å². The highest BCUT2D eigenvalue weighted by Gasteiger charge is 2.12. The molecule has 0 aliphatic rings. The number of benzene rings is 2. The molecule has 34 heavy (non-hydrogen) atoms. The molecule has 2 aromatic carbocycles. The molecule has 0 aliphatic carbocycles. The van der Waals surface area contributed by atoms with Crippen molar-refractivity contribution in [3.8, 4) is 23.8 Å². The van der Waals surface area contributed by atoms with E-state index in [1.54, 1.807) is 42.5 Å². The average molecular weight is 457 g/mol. The molecule has 3 aromatic rings. The molecule has 0 unspecified atom stereocenters. The van der Waals surface area contributed by atoms with Gasteiger partial charge >= 0.3 is 5.97 Å². The van der Waals surface area contributed by atoms with Crippen molar-refractivity contribution >= 4 is 23.4 Å². The van der Waals surface area contributed by atoms with Crippen LogP contribution >= 0.6 is 0 Å². The Morgan fingerprint density at radius 3 is 2.29 bits per heavy atom. The second-order valence-electron chi connectivity index (χ2n) is 7.66. The van der Waals surface area contributed by atoms with Gasteiger partial charge in [0, 0.05) is 24.7 Å². The van der Waals surface area contributed by atoms with E-state index in [-0.39, 0.29) is 6.42 Å². The molecule has 0 saturated heterocycles. The van der Waals surface area contributed by atoms with Crippen LogP contribution in [0.15, 0.2) is 42.5 Å². The van der Waals surface area contributed by atoms with E-state index in [4.69, 9.17) is 15.1 Å². The van der Waals surface area contributed by atoms with Crippen LogP contribution in [-0.2, 0) is 4.79 Å². The van der Waals surface area contributed by atoms with Gasteiger partial charge in [0.1, 0.15) is 11.6 Å². The lowest BCUT2D eigenvalue weighted by Crippen LogP contribution is -2.08. The molecule has 0 amide bonds. The quantitative estimate of drug-likeness (QED) is 0.357. The normalized spacial score (nSPS) is 10.1. The fourth-order valence-corrected chi connectivity index (χ4v) is 3.28. The molecular formula is C25H24N6O3. The first-order chi connectivity index (χ1) is 16.4. The predicted molar refractivity (Wildman–Crippen MR) is 127 cm³/mol. The second-order valence-corrected chi connectivity index (χ2v) is 7.66. The minimum absolute atomic E-state index is 0.114. The third-order valence-corrected chi connectivity index (χ3v) is 4.89. The van der Waals surface area contributed by atoms with Crippen LogP contribution in [0, 0.1) is 36.5 Å². The number of aliphatic carboxylic acids is 1. The molecule has 9 nitrogen and oxygen atoms in total. The molecule has 0 radical (unpaired) electrons. The number of hydrogen-bond donors (Lipinski definition) is 3. The van der Waals surface area contributed by atoms with E-state index in [1.165, 1.54) is 0 Å². The fourth-order valence-electron chi connectivity index (χ4n) is 3.28. The van der Waals surface area contributed by atoms with Gasteiger partial charge in [-0.2, -0.15) is 20.5 Å². The van der Waals surface area contributed by atoms with E-state index in [0.717, 1.165) is 11.1 Å². The number of carboxylic acid groups (broad SMARTS) is 1. The first-order valence-corrected chi connectivity index (χ1v) is 10.7. The summed E-state index contributed by atoms with van der Waals surface area (Å²) < 4.78 is 6.09. The summed E-state index contributed by atoms with van der Waals surface area (Å²) in [5.74, 6) is 0.893. The number of unbranched alkanes of at least 4 members (excludes halogenated alkanes) is 1. The summed E-state index contributed by atoms with van der Waals surface area (Å²) in [7, 11) is 0. The number of anilines is 3. The first kappa shape index (κ1) is 24.0. The topological polar surface area (TPSA) is 144 Å². The summed E-state index contributed by atoms with van der Waals surface area (Å²) in [6.45, 7) is 4.26. The Balaban J connectivity index is 1.85. The Labute approximate surface area is 197 Å². The molecule has 3 rings (SSSR count). The van der Waals surface area contributed by atoms with Crippen LogP contribution in [0.25, 0.3) is 0 Å². The molecule has 0 spiro atoms. The second kappa shape index (κ2) is 11.3.